The predicted octanol–water partition coefficient (Wildman–Crippen LogP) is 3.28. The van der Waals surface area contributed by atoms with Crippen molar-refractivity contribution in [2.24, 2.45) is 5.92 Å². The van der Waals surface area contributed by atoms with Gasteiger partial charge in [-0.15, -0.1) is 0 Å². The minimum absolute atomic E-state index is 0.232. The van der Waals surface area contributed by atoms with Gasteiger partial charge in [0.2, 0.25) is 0 Å². The minimum Gasteiger partial charge on any atom is -0.481 e. The van der Waals surface area contributed by atoms with Crippen LogP contribution in [0.2, 0.25) is 5.02 Å². The highest BCUT2D eigenvalue weighted by atomic mass is 35.5. The van der Waals surface area contributed by atoms with Gasteiger partial charge in [0.1, 0.15) is 0 Å². The number of nitrogens with zero attached hydrogens (tertiary/aromatic N) is 1. The van der Waals surface area contributed by atoms with E-state index in [0.29, 0.717) is 11.6 Å². The highest BCUT2D eigenvalue weighted by Crippen LogP contribution is 2.22. The number of anilines is 1. The van der Waals surface area contributed by atoms with Crippen LogP contribution in [0.3, 0.4) is 0 Å². The summed E-state index contributed by atoms with van der Waals surface area (Å²) in [6.07, 6.45) is 0. The summed E-state index contributed by atoms with van der Waals surface area (Å²) in [4.78, 5) is 12.9. The fourth-order valence-corrected chi connectivity index (χ4v) is 1.83. The van der Waals surface area contributed by atoms with E-state index in [0.717, 1.165) is 5.69 Å². The Morgan fingerprint density at radius 3 is 2.53 bits per heavy atom. The Kier molecular flexibility index (Phi) is 4.82. The smallest absolute Gasteiger partial charge is 0.308 e. The molecule has 1 unspecified atom stereocenters. The first-order valence-corrected chi connectivity index (χ1v) is 6.04. The maximum absolute atomic E-state index is 10.9. The Hall–Kier alpha value is -1.22. The number of hydrogen-bond acceptors (Lipinski definition) is 2. The van der Waals surface area contributed by atoms with Crippen LogP contribution in [0.4, 0.5) is 5.69 Å². The fraction of sp³-hybridized carbons (Fsp3) is 0.462. The third-order valence-corrected chi connectivity index (χ3v) is 2.89. The van der Waals surface area contributed by atoms with Gasteiger partial charge in [0.25, 0.3) is 0 Å². The molecule has 0 aromatic heterocycles. The highest BCUT2D eigenvalue weighted by Gasteiger charge is 2.18. The molecular weight excluding hydrogens is 238 g/mol. The maximum Gasteiger partial charge on any atom is 0.308 e. The second kappa shape index (κ2) is 5.92. The monoisotopic (exact) mass is 255 g/mol. The molecule has 0 aliphatic carbocycles. The van der Waals surface area contributed by atoms with Crippen LogP contribution < -0.4 is 4.90 Å². The Balaban J connectivity index is 2.90. The molecule has 0 spiro atoms. The van der Waals surface area contributed by atoms with Crippen LogP contribution in [0, 0.1) is 5.92 Å². The van der Waals surface area contributed by atoms with Gasteiger partial charge >= 0.3 is 5.97 Å². The molecule has 0 radical (unpaired) electrons. The first-order chi connectivity index (χ1) is 7.91. The van der Waals surface area contributed by atoms with Gasteiger partial charge in [0.15, 0.2) is 0 Å². The van der Waals surface area contributed by atoms with Crippen LogP contribution in [0.5, 0.6) is 0 Å². The summed E-state index contributed by atoms with van der Waals surface area (Å²) in [5, 5.41) is 9.62. The zero-order chi connectivity index (χ0) is 13.0. The maximum atomic E-state index is 10.9. The van der Waals surface area contributed by atoms with Gasteiger partial charge in [-0.2, -0.15) is 0 Å². The highest BCUT2D eigenvalue weighted by molar-refractivity contribution is 6.30. The molecule has 4 heteroatoms. The zero-order valence-electron chi connectivity index (χ0n) is 10.4. The molecule has 0 amide bonds. The van der Waals surface area contributed by atoms with E-state index in [1.165, 1.54) is 0 Å². The van der Waals surface area contributed by atoms with Crippen LogP contribution in [-0.2, 0) is 4.79 Å². The average Bonchev–Trinajstić information content (AvgIpc) is 2.24. The van der Waals surface area contributed by atoms with E-state index in [1.54, 1.807) is 6.92 Å². The Bertz CT molecular complexity index is 393. The van der Waals surface area contributed by atoms with Gasteiger partial charge in [-0.1, -0.05) is 24.6 Å². The fourth-order valence-electron chi connectivity index (χ4n) is 1.64. The van der Waals surface area contributed by atoms with Crippen LogP contribution in [0.1, 0.15) is 20.8 Å². The third-order valence-electron chi connectivity index (χ3n) is 2.66. The van der Waals surface area contributed by atoms with E-state index in [1.807, 2.05) is 43.0 Å². The van der Waals surface area contributed by atoms with Gasteiger partial charge in [0, 0.05) is 23.3 Å². The molecule has 1 rings (SSSR count). The lowest BCUT2D eigenvalue weighted by Crippen LogP contribution is -2.37. The summed E-state index contributed by atoms with van der Waals surface area (Å²) in [6.45, 7) is 6.26. The van der Waals surface area contributed by atoms with Gasteiger partial charge < -0.3 is 10.0 Å². The number of carbonyl (C=O) groups is 1. The molecule has 1 aromatic rings. The quantitative estimate of drug-likeness (QED) is 0.878. The normalized spacial score (nSPS) is 12.5. The lowest BCUT2D eigenvalue weighted by atomic mass is 10.1. The molecule has 0 bridgehead atoms. The molecule has 1 N–H and O–H groups in total. The van der Waals surface area contributed by atoms with Gasteiger partial charge in [0.05, 0.1) is 5.92 Å². The number of carboxylic acids is 1. The Labute approximate surface area is 107 Å². The van der Waals surface area contributed by atoms with Crippen molar-refractivity contribution in [2.45, 2.75) is 26.8 Å². The lowest BCUT2D eigenvalue weighted by Gasteiger charge is -2.30. The standard InChI is InChI=1S/C13H18ClNO2/c1-9(2)15(8-10(3)13(16)17)12-6-4-5-11(14)7-12/h4-7,9-10H,8H2,1-3H3,(H,16,17). The lowest BCUT2D eigenvalue weighted by molar-refractivity contribution is -0.140. The molecular formula is C13H18ClNO2. The SMILES string of the molecule is CC(CN(c1cccc(Cl)c1)C(C)C)C(=O)O. The number of carboxylic acid groups (broad SMARTS) is 1. The first kappa shape index (κ1) is 13.8. The number of halogens is 1. The van der Waals surface area contributed by atoms with Crippen molar-refractivity contribution in [2.75, 3.05) is 11.4 Å². The van der Waals surface area contributed by atoms with E-state index in [2.05, 4.69) is 0 Å². The van der Waals surface area contributed by atoms with Gasteiger partial charge in [-0.25, -0.2) is 0 Å². The van der Waals surface area contributed by atoms with E-state index < -0.39 is 11.9 Å². The van der Waals surface area contributed by atoms with Crippen LogP contribution >= 0.6 is 11.6 Å². The molecule has 0 saturated carbocycles. The van der Waals surface area contributed by atoms with Crippen molar-refractivity contribution in [1.29, 1.82) is 0 Å². The van der Waals surface area contributed by atoms with Crippen molar-refractivity contribution in [3.05, 3.63) is 29.3 Å². The van der Waals surface area contributed by atoms with E-state index in [9.17, 15) is 4.79 Å². The summed E-state index contributed by atoms with van der Waals surface area (Å²) in [7, 11) is 0. The molecule has 0 saturated heterocycles. The van der Waals surface area contributed by atoms with E-state index in [4.69, 9.17) is 16.7 Å². The third kappa shape index (κ3) is 3.93. The van der Waals surface area contributed by atoms with Crippen molar-refractivity contribution in [1.82, 2.24) is 0 Å². The molecule has 94 valence electrons. The number of hydrogen-bond donors (Lipinski definition) is 1. The topological polar surface area (TPSA) is 40.5 Å². The second-order valence-corrected chi connectivity index (χ2v) is 4.90. The molecule has 0 heterocycles. The summed E-state index contributed by atoms with van der Waals surface area (Å²) < 4.78 is 0. The van der Waals surface area contributed by atoms with Crippen molar-refractivity contribution in [3.8, 4) is 0 Å². The predicted molar refractivity (Wildman–Crippen MR) is 70.7 cm³/mol. The zero-order valence-corrected chi connectivity index (χ0v) is 11.1. The molecule has 0 aliphatic heterocycles. The van der Waals surface area contributed by atoms with Gasteiger partial charge in [-0.05, 0) is 32.0 Å². The van der Waals surface area contributed by atoms with Crippen LogP contribution in [-0.4, -0.2) is 23.7 Å². The molecule has 1 aromatic carbocycles. The second-order valence-electron chi connectivity index (χ2n) is 4.47. The largest absolute Gasteiger partial charge is 0.481 e. The van der Waals surface area contributed by atoms with E-state index in [-0.39, 0.29) is 6.04 Å². The molecule has 17 heavy (non-hydrogen) atoms. The number of rotatable bonds is 5. The van der Waals surface area contributed by atoms with E-state index >= 15 is 0 Å². The molecule has 0 fully saturated rings. The summed E-state index contributed by atoms with van der Waals surface area (Å²) in [5.41, 5.74) is 0.959. The minimum atomic E-state index is -0.780. The van der Waals surface area contributed by atoms with Crippen LogP contribution in [0.15, 0.2) is 24.3 Å². The summed E-state index contributed by atoms with van der Waals surface area (Å²) in [5.74, 6) is -1.19. The molecule has 3 nitrogen and oxygen atoms in total. The summed E-state index contributed by atoms with van der Waals surface area (Å²) >= 11 is 5.95. The van der Waals surface area contributed by atoms with Gasteiger partial charge in [-0.3, -0.25) is 4.79 Å². The Morgan fingerprint density at radius 2 is 2.06 bits per heavy atom. The molecule has 0 aliphatic rings. The first-order valence-electron chi connectivity index (χ1n) is 5.67. The molecule has 1 atom stereocenters. The number of benzene rings is 1. The average molecular weight is 256 g/mol. The van der Waals surface area contributed by atoms with Crippen molar-refractivity contribution in [3.63, 3.8) is 0 Å². The van der Waals surface area contributed by atoms with Crippen molar-refractivity contribution >= 4 is 23.3 Å². The number of aliphatic carboxylic acids is 1. The Morgan fingerprint density at radius 1 is 1.41 bits per heavy atom. The van der Waals surface area contributed by atoms with Crippen molar-refractivity contribution < 1.29 is 9.90 Å². The van der Waals surface area contributed by atoms with Crippen LogP contribution in [0.25, 0.3) is 0 Å². The summed E-state index contributed by atoms with van der Waals surface area (Å²) in [6, 6.07) is 7.72.